The summed E-state index contributed by atoms with van der Waals surface area (Å²) in [6.07, 6.45) is 1.70. The van der Waals surface area contributed by atoms with Crippen LogP contribution in [-0.4, -0.2) is 60.8 Å². The number of nitrogens with one attached hydrogen (secondary N) is 1. The van der Waals surface area contributed by atoms with Crippen molar-refractivity contribution in [2.45, 2.75) is 45.3 Å². The van der Waals surface area contributed by atoms with Gasteiger partial charge >= 0.3 is 5.97 Å². The van der Waals surface area contributed by atoms with E-state index in [0.29, 0.717) is 38.3 Å². The number of esters is 1. The molecule has 1 aliphatic heterocycles. The number of carbonyl (C=O) groups is 2. The molecule has 0 bridgehead atoms. The summed E-state index contributed by atoms with van der Waals surface area (Å²) in [5.41, 5.74) is 0. The molecule has 1 atom stereocenters. The topological polar surface area (TPSA) is 78.9 Å². The van der Waals surface area contributed by atoms with Crippen LogP contribution < -0.4 is 5.32 Å². The predicted octanol–water partition coefficient (Wildman–Crippen LogP) is 0.147. The molecule has 1 heterocycles. The zero-order valence-electron chi connectivity index (χ0n) is 12.6. The molecule has 6 nitrogen and oxygen atoms in total. The van der Waals surface area contributed by atoms with Crippen molar-refractivity contribution in [1.82, 2.24) is 10.2 Å². The molecule has 0 aromatic carbocycles. The summed E-state index contributed by atoms with van der Waals surface area (Å²) in [5.74, 6) is -0.275. The molecule has 0 aromatic heterocycles. The van der Waals surface area contributed by atoms with Crippen LogP contribution in [0.3, 0.4) is 0 Å². The van der Waals surface area contributed by atoms with E-state index in [4.69, 9.17) is 4.74 Å². The molecule has 0 saturated carbocycles. The van der Waals surface area contributed by atoms with Crippen molar-refractivity contribution in [3.05, 3.63) is 0 Å². The Morgan fingerprint density at radius 3 is 2.45 bits per heavy atom. The van der Waals surface area contributed by atoms with Crippen LogP contribution in [0.15, 0.2) is 0 Å². The first-order valence-corrected chi connectivity index (χ1v) is 7.20. The maximum absolute atomic E-state index is 12.0. The predicted molar refractivity (Wildman–Crippen MR) is 75.1 cm³/mol. The molecular formula is C14H26N2O4. The summed E-state index contributed by atoms with van der Waals surface area (Å²) in [4.78, 5) is 25.6. The molecule has 0 radical (unpaired) electrons. The Bertz CT molecular complexity index is 325. The number of hydrogen-bond donors (Lipinski definition) is 2. The summed E-state index contributed by atoms with van der Waals surface area (Å²) in [7, 11) is 1.33. The summed E-state index contributed by atoms with van der Waals surface area (Å²) in [5, 5.41) is 12.2. The highest BCUT2D eigenvalue weighted by Crippen LogP contribution is 2.10. The third-order valence-corrected chi connectivity index (χ3v) is 3.45. The van der Waals surface area contributed by atoms with Crippen molar-refractivity contribution in [2.24, 2.45) is 5.92 Å². The molecule has 116 valence electrons. The van der Waals surface area contributed by atoms with E-state index < -0.39 is 12.0 Å². The van der Waals surface area contributed by atoms with Gasteiger partial charge in [-0.25, -0.2) is 4.79 Å². The van der Waals surface area contributed by atoms with Gasteiger partial charge in [-0.15, -0.1) is 0 Å². The first kappa shape index (κ1) is 16.9. The first-order chi connectivity index (χ1) is 9.42. The zero-order valence-corrected chi connectivity index (χ0v) is 12.6. The third kappa shape index (κ3) is 5.88. The minimum absolute atomic E-state index is 0.169. The molecule has 1 amide bonds. The van der Waals surface area contributed by atoms with Crippen molar-refractivity contribution < 1.29 is 19.4 Å². The average molecular weight is 286 g/mol. The van der Waals surface area contributed by atoms with Crippen LogP contribution in [0.25, 0.3) is 0 Å². The van der Waals surface area contributed by atoms with E-state index in [1.165, 1.54) is 7.11 Å². The number of piperidine rings is 1. The van der Waals surface area contributed by atoms with Crippen LogP contribution in [0.2, 0.25) is 0 Å². The lowest BCUT2D eigenvalue weighted by Gasteiger charge is -2.29. The second-order valence-electron chi connectivity index (χ2n) is 5.78. The van der Waals surface area contributed by atoms with Gasteiger partial charge in [0.25, 0.3) is 0 Å². The molecule has 0 aliphatic carbocycles. The number of methoxy groups -OCH3 is 1. The van der Waals surface area contributed by atoms with E-state index in [1.54, 1.807) is 0 Å². The second-order valence-corrected chi connectivity index (χ2v) is 5.78. The Kier molecular flexibility index (Phi) is 6.95. The van der Waals surface area contributed by atoms with Gasteiger partial charge in [0.15, 0.2) is 0 Å². The van der Waals surface area contributed by atoms with Gasteiger partial charge in [-0.3, -0.25) is 9.69 Å². The van der Waals surface area contributed by atoms with Crippen molar-refractivity contribution in [3.63, 3.8) is 0 Å². The molecule has 6 heteroatoms. The molecule has 0 spiro atoms. The summed E-state index contributed by atoms with van der Waals surface area (Å²) < 4.78 is 4.72. The SMILES string of the molecule is COC(=O)C(CC(C)C)NC(=O)CN1CCC(O)CC1. The van der Waals surface area contributed by atoms with Gasteiger partial charge in [0.05, 0.1) is 19.8 Å². The van der Waals surface area contributed by atoms with Gasteiger partial charge in [0, 0.05) is 13.1 Å². The van der Waals surface area contributed by atoms with Gasteiger partial charge < -0.3 is 15.2 Å². The Labute approximate surface area is 120 Å². The van der Waals surface area contributed by atoms with Gasteiger partial charge in [-0.1, -0.05) is 13.8 Å². The lowest BCUT2D eigenvalue weighted by Crippen LogP contribution is -2.48. The maximum Gasteiger partial charge on any atom is 0.328 e. The fourth-order valence-corrected chi connectivity index (χ4v) is 2.35. The third-order valence-electron chi connectivity index (χ3n) is 3.45. The molecule has 20 heavy (non-hydrogen) atoms. The fraction of sp³-hybridized carbons (Fsp3) is 0.857. The molecule has 1 fully saturated rings. The number of amides is 1. The molecule has 1 aliphatic rings. The number of aliphatic hydroxyl groups is 1. The Morgan fingerprint density at radius 1 is 1.35 bits per heavy atom. The highest BCUT2D eigenvalue weighted by molar-refractivity contribution is 5.85. The van der Waals surface area contributed by atoms with Crippen LogP contribution >= 0.6 is 0 Å². The highest BCUT2D eigenvalue weighted by Gasteiger charge is 2.24. The molecule has 1 rings (SSSR count). The Hall–Kier alpha value is -1.14. The van der Waals surface area contributed by atoms with Crippen LogP contribution in [0.5, 0.6) is 0 Å². The van der Waals surface area contributed by atoms with Crippen molar-refractivity contribution in [3.8, 4) is 0 Å². The van der Waals surface area contributed by atoms with Crippen LogP contribution in [-0.2, 0) is 14.3 Å². The average Bonchev–Trinajstić information content (AvgIpc) is 2.39. The Morgan fingerprint density at radius 2 is 1.95 bits per heavy atom. The van der Waals surface area contributed by atoms with Crippen LogP contribution in [0.4, 0.5) is 0 Å². The van der Waals surface area contributed by atoms with Gasteiger partial charge in [-0.05, 0) is 25.2 Å². The number of aliphatic hydroxyl groups excluding tert-OH is 1. The minimum atomic E-state index is -0.581. The number of ether oxygens (including phenoxy) is 1. The van der Waals surface area contributed by atoms with E-state index in [0.717, 1.165) is 0 Å². The number of nitrogens with zero attached hydrogens (tertiary/aromatic N) is 1. The summed E-state index contributed by atoms with van der Waals surface area (Å²) in [6, 6.07) is -0.581. The summed E-state index contributed by atoms with van der Waals surface area (Å²) >= 11 is 0. The first-order valence-electron chi connectivity index (χ1n) is 7.20. The van der Waals surface area contributed by atoms with E-state index >= 15 is 0 Å². The van der Waals surface area contributed by atoms with Gasteiger partial charge in [0.2, 0.25) is 5.91 Å². The molecule has 0 aromatic rings. The lowest BCUT2D eigenvalue weighted by molar-refractivity contribution is -0.145. The second kappa shape index (κ2) is 8.21. The maximum atomic E-state index is 12.0. The van der Waals surface area contributed by atoms with Gasteiger partial charge in [-0.2, -0.15) is 0 Å². The van der Waals surface area contributed by atoms with E-state index in [-0.39, 0.29) is 18.6 Å². The van der Waals surface area contributed by atoms with Crippen molar-refractivity contribution in [2.75, 3.05) is 26.7 Å². The Balaban J connectivity index is 2.43. The quantitative estimate of drug-likeness (QED) is 0.679. The lowest BCUT2D eigenvalue weighted by atomic mass is 10.0. The minimum Gasteiger partial charge on any atom is -0.467 e. The summed E-state index contributed by atoms with van der Waals surface area (Å²) in [6.45, 7) is 5.67. The van der Waals surface area contributed by atoms with E-state index in [1.807, 2.05) is 18.7 Å². The number of hydrogen-bond acceptors (Lipinski definition) is 5. The largest absolute Gasteiger partial charge is 0.467 e. The van der Waals surface area contributed by atoms with E-state index in [9.17, 15) is 14.7 Å². The van der Waals surface area contributed by atoms with Crippen LogP contribution in [0.1, 0.15) is 33.1 Å². The van der Waals surface area contributed by atoms with Crippen LogP contribution in [0, 0.1) is 5.92 Å². The zero-order chi connectivity index (χ0) is 15.1. The normalized spacial score (nSPS) is 18.9. The van der Waals surface area contributed by atoms with Crippen molar-refractivity contribution in [1.29, 1.82) is 0 Å². The smallest absolute Gasteiger partial charge is 0.328 e. The fourth-order valence-electron chi connectivity index (χ4n) is 2.35. The molecular weight excluding hydrogens is 260 g/mol. The number of carbonyl (C=O) groups excluding carboxylic acids is 2. The van der Waals surface area contributed by atoms with Crippen molar-refractivity contribution >= 4 is 11.9 Å². The monoisotopic (exact) mass is 286 g/mol. The number of rotatable bonds is 6. The molecule has 1 saturated heterocycles. The van der Waals surface area contributed by atoms with Gasteiger partial charge in [0.1, 0.15) is 6.04 Å². The standard InChI is InChI=1S/C14H26N2O4/c1-10(2)8-12(14(19)20-3)15-13(18)9-16-6-4-11(17)5-7-16/h10-12,17H,4-9H2,1-3H3,(H,15,18). The highest BCUT2D eigenvalue weighted by atomic mass is 16.5. The molecule has 1 unspecified atom stereocenters. The number of likely N-dealkylation sites (tertiary alicyclic amines) is 1. The van der Waals surface area contributed by atoms with E-state index in [2.05, 4.69) is 5.32 Å². The molecule has 2 N–H and O–H groups in total.